The third-order valence-electron chi connectivity index (χ3n) is 4.49. The Hall–Kier alpha value is -3.04. The van der Waals surface area contributed by atoms with Gasteiger partial charge in [-0.25, -0.2) is 9.78 Å². The Balaban J connectivity index is 1.73. The van der Waals surface area contributed by atoms with E-state index in [9.17, 15) is 18.0 Å². The monoisotopic (exact) mass is 423 g/mol. The molecule has 0 bridgehead atoms. The molecule has 0 radical (unpaired) electrons. The second kappa shape index (κ2) is 8.00. The largest absolute Gasteiger partial charge is 0.444 e. The van der Waals surface area contributed by atoms with E-state index in [-0.39, 0.29) is 12.0 Å². The maximum Gasteiger partial charge on any atom is 0.416 e. The molecule has 1 saturated heterocycles. The lowest BCUT2D eigenvalue weighted by atomic mass is 10.1. The van der Waals surface area contributed by atoms with E-state index >= 15 is 0 Å². The highest BCUT2D eigenvalue weighted by molar-refractivity contribution is 5.69. The van der Waals surface area contributed by atoms with Gasteiger partial charge in [0.15, 0.2) is 0 Å². The van der Waals surface area contributed by atoms with E-state index in [0.717, 1.165) is 12.1 Å². The van der Waals surface area contributed by atoms with Gasteiger partial charge in [0.25, 0.3) is 0 Å². The molecular weight excluding hydrogens is 399 g/mol. The molecule has 1 aliphatic rings. The topological polar surface area (TPSA) is 84.6 Å². The lowest BCUT2D eigenvalue weighted by Crippen LogP contribution is -2.50. The third-order valence-corrected chi connectivity index (χ3v) is 4.49. The molecule has 2 heterocycles. The molecule has 2 N–H and O–H groups in total. The van der Waals surface area contributed by atoms with Crippen molar-refractivity contribution in [2.24, 2.45) is 0 Å². The number of nitrogen functional groups attached to an aromatic ring is 1. The minimum Gasteiger partial charge on any atom is -0.444 e. The Labute approximate surface area is 172 Å². The van der Waals surface area contributed by atoms with Gasteiger partial charge in [-0.05, 0) is 32.9 Å². The SMILES string of the molecule is CC(C)(C)OC(=O)N1CCN(c2cc(-c3ccc(C(F)(F)F)cc3)nc(N)n2)CC1. The molecule has 0 atom stereocenters. The molecule has 7 nitrogen and oxygen atoms in total. The lowest BCUT2D eigenvalue weighted by molar-refractivity contribution is -0.137. The molecule has 1 fully saturated rings. The first-order chi connectivity index (χ1) is 13.9. The number of rotatable bonds is 2. The molecule has 162 valence electrons. The fourth-order valence-electron chi connectivity index (χ4n) is 3.04. The minimum absolute atomic E-state index is 0.0250. The number of hydrogen-bond donors (Lipinski definition) is 1. The highest BCUT2D eigenvalue weighted by atomic mass is 19.4. The first kappa shape index (κ1) is 21.7. The lowest BCUT2D eigenvalue weighted by Gasteiger charge is -2.36. The van der Waals surface area contributed by atoms with Crippen molar-refractivity contribution in [1.82, 2.24) is 14.9 Å². The number of anilines is 2. The van der Waals surface area contributed by atoms with Gasteiger partial charge in [0.05, 0.1) is 11.3 Å². The van der Waals surface area contributed by atoms with Crippen molar-refractivity contribution in [3.8, 4) is 11.3 Å². The third kappa shape index (κ3) is 5.31. The highest BCUT2D eigenvalue weighted by Crippen LogP contribution is 2.31. The number of nitrogens with two attached hydrogens (primary N) is 1. The summed E-state index contributed by atoms with van der Waals surface area (Å²) in [6.07, 6.45) is -4.77. The Morgan fingerprint density at radius 2 is 1.63 bits per heavy atom. The van der Waals surface area contributed by atoms with Gasteiger partial charge in [-0.3, -0.25) is 0 Å². The molecule has 3 rings (SSSR count). The molecule has 0 aliphatic carbocycles. The summed E-state index contributed by atoms with van der Waals surface area (Å²) in [5, 5.41) is 0. The van der Waals surface area contributed by atoms with E-state index in [1.807, 2.05) is 25.7 Å². The normalized spacial score (nSPS) is 15.3. The molecule has 1 amide bonds. The van der Waals surface area contributed by atoms with Crippen molar-refractivity contribution >= 4 is 17.9 Å². The van der Waals surface area contributed by atoms with Gasteiger partial charge in [0, 0.05) is 37.8 Å². The van der Waals surface area contributed by atoms with Crippen molar-refractivity contribution in [1.29, 1.82) is 0 Å². The van der Waals surface area contributed by atoms with E-state index in [1.54, 1.807) is 11.0 Å². The Kier molecular flexibility index (Phi) is 5.78. The summed E-state index contributed by atoms with van der Waals surface area (Å²) in [6.45, 7) is 7.38. The number of carbonyl (C=O) groups excluding carboxylic acids is 1. The van der Waals surface area contributed by atoms with E-state index in [2.05, 4.69) is 9.97 Å². The summed E-state index contributed by atoms with van der Waals surface area (Å²) in [5.74, 6) is 0.582. The van der Waals surface area contributed by atoms with Crippen LogP contribution in [0.3, 0.4) is 0 Å². The Morgan fingerprint density at radius 1 is 1.03 bits per heavy atom. The van der Waals surface area contributed by atoms with Crippen LogP contribution in [0.2, 0.25) is 0 Å². The van der Waals surface area contributed by atoms with Crippen LogP contribution in [0.4, 0.5) is 29.7 Å². The van der Waals surface area contributed by atoms with Crippen LogP contribution in [-0.2, 0) is 10.9 Å². The number of alkyl halides is 3. The number of amides is 1. The predicted molar refractivity (Wildman–Crippen MR) is 107 cm³/mol. The fraction of sp³-hybridized carbons (Fsp3) is 0.450. The average Bonchev–Trinajstić information content (AvgIpc) is 2.66. The van der Waals surface area contributed by atoms with Gasteiger partial charge >= 0.3 is 12.3 Å². The summed E-state index contributed by atoms with van der Waals surface area (Å²) in [5.41, 5.74) is 5.48. The van der Waals surface area contributed by atoms with Crippen molar-refractivity contribution in [2.75, 3.05) is 36.8 Å². The van der Waals surface area contributed by atoms with E-state index in [1.165, 1.54) is 12.1 Å². The van der Waals surface area contributed by atoms with Crippen LogP contribution in [0.5, 0.6) is 0 Å². The predicted octanol–water partition coefficient (Wildman–Crippen LogP) is 3.80. The van der Waals surface area contributed by atoms with Crippen LogP contribution < -0.4 is 10.6 Å². The van der Waals surface area contributed by atoms with Gasteiger partial charge in [0.1, 0.15) is 11.4 Å². The van der Waals surface area contributed by atoms with E-state index < -0.39 is 17.3 Å². The van der Waals surface area contributed by atoms with E-state index in [0.29, 0.717) is 43.3 Å². The number of halogens is 3. The summed E-state index contributed by atoms with van der Waals surface area (Å²) < 4.78 is 43.7. The molecule has 1 aliphatic heterocycles. The first-order valence-corrected chi connectivity index (χ1v) is 9.47. The number of ether oxygens (including phenoxy) is 1. The van der Waals surface area contributed by atoms with Crippen LogP contribution >= 0.6 is 0 Å². The van der Waals surface area contributed by atoms with Crippen molar-refractivity contribution in [3.63, 3.8) is 0 Å². The number of hydrogen-bond acceptors (Lipinski definition) is 6. The maximum absolute atomic E-state index is 12.8. The summed E-state index contributed by atoms with van der Waals surface area (Å²) in [6, 6.07) is 6.41. The zero-order valence-electron chi connectivity index (χ0n) is 17.0. The van der Waals surface area contributed by atoms with E-state index in [4.69, 9.17) is 10.5 Å². The van der Waals surface area contributed by atoms with Crippen LogP contribution in [-0.4, -0.2) is 52.7 Å². The van der Waals surface area contributed by atoms with Crippen molar-refractivity contribution < 1.29 is 22.7 Å². The number of carbonyl (C=O) groups is 1. The van der Waals surface area contributed by atoms with Crippen molar-refractivity contribution in [3.05, 3.63) is 35.9 Å². The number of benzene rings is 1. The molecule has 30 heavy (non-hydrogen) atoms. The van der Waals surface area contributed by atoms with Crippen LogP contribution in [0.15, 0.2) is 30.3 Å². The fourth-order valence-corrected chi connectivity index (χ4v) is 3.04. The van der Waals surface area contributed by atoms with Gasteiger partial charge in [-0.2, -0.15) is 18.2 Å². The summed E-state index contributed by atoms with van der Waals surface area (Å²) in [4.78, 5) is 24.2. The number of nitrogens with zero attached hydrogens (tertiary/aromatic N) is 4. The van der Waals surface area contributed by atoms with Crippen LogP contribution in [0.1, 0.15) is 26.3 Å². The van der Waals surface area contributed by atoms with Crippen LogP contribution in [0, 0.1) is 0 Å². The molecule has 0 spiro atoms. The maximum atomic E-state index is 12.8. The smallest absolute Gasteiger partial charge is 0.416 e. The average molecular weight is 423 g/mol. The molecular formula is C20H24F3N5O2. The molecule has 1 aromatic carbocycles. The Bertz CT molecular complexity index is 902. The van der Waals surface area contributed by atoms with Gasteiger partial charge in [-0.15, -0.1) is 0 Å². The first-order valence-electron chi connectivity index (χ1n) is 9.47. The highest BCUT2D eigenvalue weighted by Gasteiger charge is 2.30. The van der Waals surface area contributed by atoms with Crippen molar-refractivity contribution in [2.45, 2.75) is 32.5 Å². The molecule has 0 saturated carbocycles. The van der Waals surface area contributed by atoms with Gasteiger partial charge < -0.3 is 20.3 Å². The minimum atomic E-state index is -4.40. The van der Waals surface area contributed by atoms with Crippen LogP contribution in [0.25, 0.3) is 11.3 Å². The number of aromatic nitrogens is 2. The zero-order chi connectivity index (χ0) is 22.1. The molecule has 1 aromatic heterocycles. The quantitative estimate of drug-likeness (QED) is 0.791. The second-order valence-corrected chi connectivity index (χ2v) is 8.00. The summed E-state index contributed by atoms with van der Waals surface area (Å²) >= 11 is 0. The number of piperazine rings is 1. The summed E-state index contributed by atoms with van der Waals surface area (Å²) in [7, 11) is 0. The Morgan fingerprint density at radius 3 is 2.17 bits per heavy atom. The molecule has 0 unspecified atom stereocenters. The van der Waals surface area contributed by atoms with Gasteiger partial charge in [0.2, 0.25) is 5.95 Å². The van der Waals surface area contributed by atoms with Gasteiger partial charge in [-0.1, -0.05) is 12.1 Å². The second-order valence-electron chi connectivity index (χ2n) is 8.00. The molecule has 2 aromatic rings. The zero-order valence-corrected chi connectivity index (χ0v) is 17.0. The molecule has 10 heteroatoms. The standard InChI is InChI=1S/C20H24F3N5O2/c1-19(2,3)30-18(29)28-10-8-27(9-11-28)16-12-15(25-17(24)26-16)13-4-6-14(7-5-13)20(21,22)23/h4-7,12H,8-11H2,1-3H3,(H2,24,25,26).